The first-order valence-electron chi connectivity index (χ1n) is 6.74. The number of nitrogens with zero attached hydrogens (tertiary/aromatic N) is 1. The summed E-state index contributed by atoms with van der Waals surface area (Å²) in [4.78, 5) is 25.5. The van der Waals surface area contributed by atoms with Crippen LogP contribution in [0.5, 0.6) is 0 Å². The summed E-state index contributed by atoms with van der Waals surface area (Å²) in [5.74, 6) is -0.597. The fourth-order valence-electron chi connectivity index (χ4n) is 1.82. The Kier molecular flexibility index (Phi) is 6.73. The molecule has 0 aliphatic heterocycles. The second kappa shape index (κ2) is 8.32. The van der Waals surface area contributed by atoms with Crippen LogP contribution in [0.1, 0.15) is 30.1 Å². The molecular formula is C15H22N2O3. The predicted molar refractivity (Wildman–Crippen MR) is 78.8 cm³/mol. The number of hydrogen-bond acceptors (Lipinski definition) is 4. The fraction of sp³-hybridized carbons (Fsp3) is 0.467. The minimum atomic E-state index is -0.458. The van der Waals surface area contributed by atoms with Gasteiger partial charge >= 0.3 is 5.97 Å². The maximum absolute atomic E-state index is 11.9. The van der Waals surface area contributed by atoms with Crippen molar-refractivity contribution in [2.24, 2.45) is 0 Å². The van der Waals surface area contributed by atoms with Crippen LogP contribution >= 0.6 is 0 Å². The van der Waals surface area contributed by atoms with Crippen LogP contribution in [-0.2, 0) is 9.53 Å². The van der Waals surface area contributed by atoms with E-state index in [1.54, 1.807) is 24.3 Å². The molecule has 0 saturated carbocycles. The van der Waals surface area contributed by atoms with E-state index < -0.39 is 5.97 Å². The average Bonchev–Trinajstić information content (AvgIpc) is 2.44. The number of unbranched alkanes of at least 4 members (excludes halogenated alkanes) is 1. The number of amides is 1. The van der Waals surface area contributed by atoms with Crippen LogP contribution in [0.3, 0.4) is 0 Å². The van der Waals surface area contributed by atoms with Crippen LogP contribution in [0.15, 0.2) is 24.3 Å². The standard InChI is InChI=1S/C15H22N2O3/c1-4-5-10-17(2)11-14(18)16-13-9-7-6-8-12(13)15(19)20-3/h6-9H,4-5,10-11H2,1-3H3,(H,16,18). The lowest BCUT2D eigenvalue weighted by atomic mass is 10.2. The van der Waals surface area contributed by atoms with Crippen molar-refractivity contribution in [3.8, 4) is 0 Å². The molecule has 0 aliphatic rings. The molecule has 0 spiro atoms. The Hall–Kier alpha value is -1.88. The molecule has 20 heavy (non-hydrogen) atoms. The topological polar surface area (TPSA) is 58.6 Å². The second-order valence-corrected chi connectivity index (χ2v) is 4.68. The second-order valence-electron chi connectivity index (χ2n) is 4.68. The van der Waals surface area contributed by atoms with Gasteiger partial charge in [0.1, 0.15) is 0 Å². The number of carbonyl (C=O) groups is 2. The SMILES string of the molecule is CCCCN(C)CC(=O)Nc1ccccc1C(=O)OC. The first-order chi connectivity index (χ1) is 9.58. The highest BCUT2D eigenvalue weighted by atomic mass is 16.5. The van der Waals surface area contributed by atoms with E-state index in [-0.39, 0.29) is 5.91 Å². The molecule has 0 fully saturated rings. The van der Waals surface area contributed by atoms with Gasteiger partial charge in [-0.15, -0.1) is 0 Å². The normalized spacial score (nSPS) is 10.4. The zero-order valence-electron chi connectivity index (χ0n) is 12.3. The Labute approximate surface area is 119 Å². The molecule has 0 atom stereocenters. The zero-order chi connectivity index (χ0) is 15.0. The third-order valence-corrected chi connectivity index (χ3v) is 2.91. The van der Waals surface area contributed by atoms with Crippen molar-refractivity contribution in [1.82, 2.24) is 4.90 Å². The number of hydrogen-bond donors (Lipinski definition) is 1. The smallest absolute Gasteiger partial charge is 0.339 e. The molecule has 1 aromatic carbocycles. The maximum atomic E-state index is 11.9. The van der Waals surface area contributed by atoms with Gasteiger partial charge in [-0.1, -0.05) is 25.5 Å². The van der Waals surface area contributed by atoms with Crippen LogP contribution in [0.2, 0.25) is 0 Å². The van der Waals surface area contributed by atoms with Crippen molar-refractivity contribution in [3.63, 3.8) is 0 Å². The molecule has 0 aliphatic carbocycles. The number of rotatable bonds is 7. The van der Waals surface area contributed by atoms with Crippen LogP contribution in [0.4, 0.5) is 5.69 Å². The molecule has 0 bridgehead atoms. The number of benzene rings is 1. The lowest BCUT2D eigenvalue weighted by Crippen LogP contribution is -2.31. The Balaban J connectivity index is 2.64. The highest BCUT2D eigenvalue weighted by Crippen LogP contribution is 2.15. The van der Waals surface area contributed by atoms with Gasteiger partial charge in [-0.3, -0.25) is 9.69 Å². The molecule has 0 aromatic heterocycles. The van der Waals surface area contributed by atoms with Crippen molar-refractivity contribution in [2.45, 2.75) is 19.8 Å². The average molecular weight is 278 g/mol. The number of ether oxygens (including phenoxy) is 1. The van der Waals surface area contributed by atoms with Gasteiger partial charge in [0.2, 0.25) is 5.91 Å². The molecular weight excluding hydrogens is 256 g/mol. The number of methoxy groups -OCH3 is 1. The van der Waals surface area contributed by atoms with Crippen LogP contribution in [0.25, 0.3) is 0 Å². The first kappa shape index (κ1) is 16.2. The van der Waals surface area contributed by atoms with Crippen LogP contribution in [0, 0.1) is 0 Å². The molecule has 1 amide bonds. The van der Waals surface area contributed by atoms with Gasteiger partial charge < -0.3 is 10.1 Å². The minimum Gasteiger partial charge on any atom is -0.465 e. The van der Waals surface area contributed by atoms with Crippen LogP contribution < -0.4 is 5.32 Å². The third-order valence-electron chi connectivity index (χ3n) is 2.91. The largest absolute Gasteiger partial charge is 0.465 e. The molecule has 5 heteroatoms. The van der Waals surface area contributed by atoms with Crippen molar-refractivity contribution in [3.05, 3.63) is 29.8 Å². The van der Waals surface area contributed by atoms with Gasteiger partial charge in [0.25, 0.3) is 0 Å². The highest BCUT2D eigenvalue weighted by Gasteiger charge is 2.13. The molecule has 0 unspecified atom stereocenters. The Morgan fingerprint density at radius 2 is 2.00 bits per heavy atom. The molecule has 1 rings (SSSR count). The summed E-state index contributed by atoms with van der Waals surface area (Å²) in [6.45, 7) is 3.29. The molecule has 5 nitrogen and oxygen atoms in total. The van der Waals surface area contributed by atoms with Crippen molar-refractivity contribution < 1.29 is 14.3 Å². The highest BCUT2D eigenvalue weighted by molar-refractivity contribution is 6.01. The lowest BCUT2D eigenvalue weighted by Gasteiger charge is -2.16. The maximum Gasteiger partial charge on any atom is 0.339 e. The van der Waals surface area contributed by atoms with Gasteiger partial charge in [0, 0.05) is 0 Å². The minimum absolute atomic E-state index is 0.139. The number of para-hydroxylation sites is 1. The van der Waals surface area contributed by atoms with E-state index in [0.29, 0.717) is 17.8 Å². The van der Waals surface area contributed by atoms with E-state index in [0.717, 1.165) is 19.4 Å². The fourth-order valence-corrected chi connectivity index (χ4v) is 1.82. The summed E-state index contributed by atoms with van der Waals surface area (Å²) in [7, 11) is 3.22. The third kappa shape index (κ3) is 5.01. The number of likely N-dealkylation sites (N-methyl/N-ethyl adjacent to an activating group) is 1. The summed E-state index contributed by atoms with van der Waals surface area (Å²) in [6, 6.07) is 6.82. The number of anilines is 1. The van der Waals surface area contributed by atoms with Crippen LogP contribution in [-0.4, -0.2) is 44.0 Å². The van der Waals surface area contributed by atoms with E-state index in [1.807, 2.05) is 11.9 Å². The Morgan fingerprint density at radius 3 is 2.65 bits per heavy atom. The summed E-state index contributed by atoms with van der Waals surface area (Å²) < 4.78 is 4.69. The van der Waals surface area contributed by atoms with Crippen molar-refractivity contribution >= 4 is 17.6 Å². The summed E-state index contributed by atoms with van der Waals surface area (Å²) in [6.07, 6.45) is 2.15. The zero-order valence-corrected chi connectivity index (χ0v) is 12.3. The number of carbonyl (C=O) groups excluding carboxylic acids is 2. The van der Waals surface area contributed by atoms with E-state index in [4.69, 9.17) is 4.74 Å². The molecule has 0 heterocycles. The Morgan fingerprint density at radius 1 is 1.30 bits per heavy atom. The molecule has 0 radical (unpaired) electrons. The summed E-state index contributed by atoms with van der Waals surface area (Å²) in [5.41, 5.74) is 0.841. The quantitative estimate of drug-likeness (QED) is 0.776. The van der Waals surface area contributed by atoms with Gasteiger partial charge in [0.05, 0.1) is 24.9 Å². The number of nitrogens with one attached hydrogen (secondary N) is 1. The van der Waals surface area contributed by atoms with E-state index in [2.05, 4.69) is 12.2 Å². The number of esters is 1. The van der Waals surface area contributed by atoms with Gasteiger partial charge in [-0.05, 0) is 32.1 Å². The van der Waals surface area contributed by atoms with E-state index in [9.17, 15) is 9.59 Å². The lowest BCUT2D eigenvalue weighted by molar-refractivity contribution is -0.117. The molecule has 1 N–H and O–H groups in total. The van der Waals surface area contributed by atoms with E-state index in [1.165, 1.54) is 7.11 Å². The Bertz CT molecular complexity index is 460. The predicted octanol–water partition coefficient (Wildman–Crippen LogP) is 2.14. The van der Waals surface area contributed by atoms with Gasteiger partial charge in [0.15, 0.2) is 0 Å². The van der Waals surface area contributed by atoms with Gasteiger partial charge in [-0.25, -0.2) is 4.79 Å². The summed E-state index contributed by atoms with van der Waals surface area (Å²) in [5, 5.41) is 2.75. The van der Waals surface area contributed by atoms with Gasteiger partial charge in [-0.2, -0.15) is 0 Å². The molecule has 1 aromatic rings. The summed E-state index contributed by atoms with van der Waals surface area (Å²) >= 11 is 0. The molecule has 110 valence electrons. The molecule has 0 saturated heterocycles. The van der Waals surface area contributed by atoms with Crippen molar-refractivity contribution in [1.29, 1.82) is 0 Å². The first-order valence-corrected chi connectivity index (χ1v) is 6.74. The monoisotopic (exact) mass is 278 g/mol. The van der Waals surface area contributed by atoms with Crippen molar-refractivity contribution in [2.75, 3.05) is 32.6 Å². The van der Waals surface area contributed by atoms with E-state index >= 15 is 0 Å².